The number of rotatable bonds is 6. The maximum Gasteiger partial charge on any atom is 0.257 e. The molecule has 0 radical (unpaired) electrons. The van der Waals surface area contributed by atoms with Crippen molar-refractivity contribution < 1.29 is 9.53 Å². The zero-order valence-corrected chi connectivity index (χ0v) is 12.2. The first-order chi connectivity index (χ1) is 8.13. The third-order valence-electron chi connectivity index (χ3n) is 1.95. The summed E-state index contributed by atoms with van der Waals surface area (Å²) in [5.74, 6) is 0.208. The third kappa shape index (κ3) is 6.31. The highest BCUT2D eigenvalue weighted by molar-refractivity contribution is 6.34. The van der Waals surface area contributed by atoms with Crippen LogP contribution in [0.5, 0.6) is 5.75 Å². The van der Waals surface area contributed by atoms with E-state index >= 15 is 0 Å². The molecule has 0 aliphatic rings. The van der Waals surface area contributed by atoms with E-state index in [1.54, 1.807) is 18.2 Å². The van der Waals surface area contributed by atoms with Crippen LogP contribution in [0.25, 0.3) is 0 Å². The second kappa shape index (κ2) is 9.28. The Morgan fingerprint density at radius 2 is 2.06 bits per heavy atom. The molecule has 1 aromatic rings. The van der Waals surface area contributed by atoms with Crippen LogP contribution < -0.4 is 15.4 Å². The van der Waals surface area contributed by atoms with Crippen LogP contribution in [0.15, 0.2) is 18.2 Å². The summed E-state index contributed by atoms with van der Waals surface area (Å²) in [5, 5.41) is 6.55. The largest absolute Gasteiger partial charge is 0.482 e. The molecule has 0 heterocycles. The fourth-order valence-electron chi connectivity index (χ4n) is 1.11. The maximum atomic E-state index is 11.3. The average Bonchev–Trinajstić information content (AvgIpc) is 2.31. The molecule has 1 aromatic carbocycles. The zero-order valence-electron chi connectivity index (χ0n) is 9.83. The number of halogens is 3. The lowest BCUT2D eigenvalue weighted by molar-refractivity contribution is -0.123. The Hall–Kier alpha value is -0.680. The highest BCUT2D eigenvalue weighted by Gasteiger charge is 2.05. The number of ether oxygens (including phenoxy) is 1. The van der Waals surface area contributed by atoms with Gasteiger partial charge in [-0.3, -0.25) is 4.79 Å². The van der Waals surface area contributed by atoms with Crippen molar-refractivity contribution in [1.82, 2.24) is 10.6 Å². The van der Waals surface area contributed by atoms with Gasteiger partial charge in [0.15, 0.2) is 6.61 Å². The van der Waals surface area contributed by atoms with Crippen LogP contribution in [0.1, 0.15) is 0 Å². The molecule has 0 atom stereocenters. The van der Waals surface area contributed by atoms with Crippen LogP contribution in [0.3, 0.4) is 0 Å². The van der Waals surface area contributed by atoms with Crippen molar-refractivity contribution in [2.24, 2.45) is 0 Å². The SMILES string of the molecule is CNCCNC(=O)COc1cc(Cl)ccc1Cl.Cl. The van der Waals surface area contributed by atoms with E-state index in [9.17, 15) is 4.79 Å². The van der Waals surface area contributed by atoms with E-state index in [0.29, 0.717) is 28.9 Å². The van der Waals surface area contributed by atoms with E-state index in [1.807, 2.05) is 7.05 Å². The average molecular weight is 314 g/mol. The normalized spacial score (nSPS) is 9.50. The minimum Gasteiger partial charge on any atom is -0.482 e. The second-order valence-corrected chi connectivity index (χ2v) is 4.16. The smallest absolute Gasteiger partial charge is 0.257 e. The fraction of sp³-hybridized carbons (Fsp3) is 0.364. The molecule has 4 nitrogen and oxygen atoms in total. The predicted octanol–water partition coefficient (Wildman–Crippen LogP) is 2.13. The van der Waals surface area contributed by atoms with Gasteiger partial charge in [-0.25, -0.2) is 0 Å². The summed E-state index contributed by atoms with van der Waals surface area (Å²) in [6, 6.07) is 4.85. The number of benzene rings is 1. The summed E-state index contributed by atoms with van der Waals surface area (Å²) in [5.41, 5.74) is 0. The molecule has 0 bridgehead atoms. The Kier molecular flexibility index (Phi) is 8.93. The monoisotopic (exact) mass is 312 g/mol. The topological polar surface area (TPSA) is 50.4 Å². The predicted molar refractivity (Wildman–Crippen MR) is 76.1 cm³/mol. The van der Waals surface area contributed by atoms with Gasteiger partial charge in [0, 0.05) is 24.2 Å². The van der Waals surface area contributed by atoms with Crippen LogP contribution in [-0.4, -0.2) is 32.7 Å². The molecule has 1 rings (SSSR count). The number of hydrogen-bond acceptors (Lipinski definition) is 3. The molecule has 0 fully saturated rings. The Labute approximate surface area is 122 Å². The van der Waals surface area contributed by atoms with Gasteiger partial charge >= 0.3 is 0 Å². The fourth-order valence-corrected chi connectivity index (χ4v) is 1.44. The number of hydrogen-bond donors (Lipinski definition) is 2. The lowest BCUT2D eigenvalue weighted by Gasteiger charge is -2.08. The Morgan fingerprint density at radius 3 is 2.72 bits per heavy atom. The molecule has 0 aromatic heterocycles. The van der Waals surface area contributed by atoms with Crippen LogP contribution in [0.4, 0.5) is 0 Å². The first-order valence-electron chi connectivity index (χ1n) is 5.12. The van der Waals surface area contributed by atoms with Crippen molar-refractivity contribution in [3.63, 3.8) is 0 Å². The van der Waals surface area contributed by atoms with Gasteiger partial charge in [-0.15, -0.1) is 12.4 Å². The lowest BCUT2D eigenvalue weighted by Crippen LogP contribution is -2.33. The van der Waals surface area contributed by atoms with E-state index in [-0.39, 0.29) is 24.9 Å². The lowest BCUT2D eigenvalue weighted by atomic mass is 10.3. The van der Waals surface area contributed by atoms with Crippen LogP contribution >= 0.6 is 35.6 Å². The van der Waals surface area contributed by atoms with Crippen molar-refractivity contribution in [2.45, 2.75) is 0 Å². The van der Waals surface area contributed by atoms with E-state index < -0.39 is 0 Å². The van der Waals surface area contributed by atoms with Gasteiger partial charge in [-0.05, 0) is 19.2 Å². The van der Waals surface area contributed by atoms with Crippen molar-refractivity contribution in [3.05, 3.63) is 28.2 Å². The van der Waals surface area contributed by atoms with E-state index in [2.05, 4.69) is 10.6 Å². The summed E-state index contributed by atoms with van der Waals surface area (Å²) in [6.45, 7) is 1.19. The molecule has 0 aliphatic carbocycles. The first kappa shape index (κ1) is 17.3. The van der Waals surface area contributed by atoms with Gasteiger partial charge in [-0.1, -0.05) is 23.2 Å². The van der Waals surface area contributed by atoms with Crippen molar-refractivity contribution >= 4 is 41.5 Å². The maximum absolute atomic E-state index is 11.3. The summed E-state index contributed by atoms with van der Waals surface area (Å²) in [7, 11) is 1.81. The highest BCUT2D eigenvalue weighted by atomic mass is 35.5. The van der Waals surface area contributed by atoms with Gasteiger partial charge in [-0.2, -0.15) is 0 Å². The molecule has 0 unspecified atom stereocenters. The number of amides is 1. The number of nitrogens with one attached hydrogen (secondary N) is 2. The molecule has 0 spiro atoms. The van der Waals surface area contributed by atoms with Gasteiger partial charge < -0.3 is 15.4 Å². The van der Waals surface area contributed by atoms with Gasteiger partial charge in [0.25, 0.3) is 5.91 Å². The molecule has 0 saturated carbocycles. The minimum absolute atomic E-state index is 0. The van der Waals surface area contributed by atoms with Crippen molar-refractivity contribution in [3.8, 4) is 5.75 Å². The summed E-state index contributed by atoms with van der Waals surface area (Å²) >= 11 is 11.7. The second-order valence-electron chi connectivity index (χ2n) is 3.32. The highest BCUT2D eigenvalue weighted by Crippen LogP contribution is 2.27. The number of carbonyl (C=O) groups is 1. The Bertz CT molecular complexity index is 389. The van der Waals surface area contributed by atoms with E-state index in [1.165, 1.54) is 0 Å². The summed E-state index contributed by atoms with van der Waals surface area (Å²) in [4.78, 5) is 11.3. The quantitative estimate of drug-likeness (QED) is 0.791. The Morgan fingerprint density at radius 1 is 1.33 bits per heavy atom. The molecule has 0 aliphatic heterocycles. The summed E-state index contributed by atoms with van der Waals surface area (Å²) < 4.78 is 5.26. The van der Waals surface area contributed by atoms with Gasteiger partial charge in [0.1, 0.15) is 5.75 Å². The molecule has 2 N–H and O–H groups in total. The van der Waals surface area contributed by atoms with Gasteiger partial charge in [0.05, 0.1) is 5.02 Å². The molecular weight excluding hydrogens is 298 g/mol. The number of carbonyl (C=O) groups excluding carboxylic acids is 1. The van der Waals surface area contributed by atoms with Crippen LogP contribution in [-0.2, 0) is 4.79 Å². The first-order valence-corrected chi connectivity index (χ1v) is 5.88. The van der Waals surface area contributed by atoms with E-state index in [0.717, 1.165) is 0 Å². The Balaban J connectivity index is 0.00000289. The van der Waals surface area contributed by atoms with Crippen molar-refractivity contribution in [2.75, 3.05) is 26.7 Å². The molecule has 7 heteroatoms. The van der Waals surface area contributed by atoms with Crippen LogP contribution in [0, 0.1) is 0 Å². The molecule has 1 amide bonds. The van der Waals surface area contributed by atoms with Crippen LogP contribution in [0.2, 0.25) is 10.0 Å². The molecular formula is C11H15Cl3N2O2. The minimum atomic E-state index is -0.198. The summed E-state index contributed by atoms with van der Waals surface area (Å²) in [6.07, 6.45) is 0. The molecule has 18 heavy (non-hydrogen) atoms. The van der Waals surface area contributed by atoms with Gasteiger partial charge in [0.2, 0.25) is 0 Å². The van der Waals surface area contributed by atoms with Crippen molar-refractivity contribution in [1.29, 1.82) is 0 Å². The third-order valence-corrected chi connectivity index (χ3v) is 2.50. The van der Waals surface area contributed by atoms with E-state index in [4.69, 9.17) is 27.9 Å². The zero-order chi connectivity index (χ0) is 12.7. The molecule has 102 valence electrons. The molecule has 0 saturated heterocycles. The number of likely N-dealkylation sites (N-methyl/N-ethyl adjacent to an activating group) is 1. The standard InChI is InChI=1S/C11H14Cl2N2O2.ClH/c1-14-4-5-15-11(16)7-17-10-6-8(12)2-3-9(10)13;/h2-3,6,14H,4-5,7H2,1H3,(H,15,16);1H.